The molecule has 3 heterocycles. The van der Waals surface area contributed by atoms with Crippen LogP contribution in [0.4, 0.5) is 11.5 Å². The van der Waals surface area contributed by atoms with E-state index in [9.17, 15) is 4.79 Å². The Morgan fingerprint density at radius 2 is 2.03 bits per heavy atom. The molecule has 0 saturated carbocycles. The van der Waals surface area contributed by atoms with Gasteiger partial charge in [0.05, 0.1) is 5.39 Å². The molecule has 2 aromatic heterocycles. The average Bonchev–Trinajstić information content (AvgIpc) is 3.34. The summed E-state index contributed by atoms with van der Waals surface area (Å²) in [5.74, 6) is 1.15. The Balaban J connectivity index is 1.41. The molecule has 1 aliphatic heterocycles. The van der Waals surface area contributed by atoms with E-state index in [1.54, 1.807) is 6.33 Å². The van der Waals surface area contributed by atoms with E-state index in [4.69, 9.17) is 5.73 Å². The minimum atomic E-state index is -0.113. The maximum atomic E-state index is 12.6. The Bertz CT molecular complexity index is 1240. The number of rotatable bonds is 5. The number of nitrogens with zero attached hydrogens (tertiary/aromatic N) is 3. The van der Waals surface area contributed by atoms with E-state index in [-0.39, 0.29) is 5.91 Å². The van der Waals surface area contributed by atoms with Crippen LogP contribution in [0.3, 0.4) is 0 Å². The fourth-order valence-corrected chi connectivity index (χ4v) is 4.57. The van der Waals surface area contributed by atoms with Crippen LogP contribution in [0.15, 0.2) is 67.1 Å². The van der Waals surface area contributed by atoms with Gasteiger partial charge in [0.15, 0.2) is 0 Å². The summed E-state index contributed by atoms with van der Waals surface area (Å²) < 4.78 is 0. The molecular weight excluding hydrogens is 400 g/mol. The second-order valence-corrected chi connectivity index (χ2v) is 8.16. The Morgan fingerprint density at radius 1 is 1.16 bits per heavy atom. The number of carbonyl (C=O) groups excluding carboxylic acids is 1. The van der Waals surface area contributed by atoms with E-state index >= 15 is 0 Å². The molecule has 4 N–H and O–H groups in total. The van der Waals surface area contributed by atoms with Crippen LogP contribution in [0.25, 0.3) is 11.0 Å². The van der Waals surface area contributed by atoms with Crippen molar-refractivity contribution in [1.29, 1.82) is 0 Å². The summed E-state index contributed by atoms with van der Waals surface area (Å²) in [6.07, 6.45) is 5.64. The van der Waals surface area contributed by atoms with Crippen molar-refractivity contribution in [3.8, 4) is 0 Å². The summed E-state index contributed by atoms with van der Waals surface area (Å²) in [6, 6.07) is 17.3. The molecule has 0 radical (unpaired) electrons. The molecule has 0 bridgehead atoms. The molecule has 7 heteroatoms. The third kappa shape index (κ3) is 3.94. The van der Waals surface area contributed by atoms with Crippen molar-refractivity contribution >= 4 is 28.4 Å². The zero-order valence-corrected chi connectivity index (χ0v) is 17.8. The van der Waals surface area contributed by atoms with Crippen molar-refractivity contribution in [1.82, 2.24) is 15.0 Å². The number of aromatic amines is 1. The second-order valence-electron chi connectivity index (χ2n) is 8.16. The quantitative estimate of drug-likeness (QED) is 0.447. The molecule has 1 saturated heterocycles. The van der Waals surface area contributed by atoms with Crippen LogP contribution in [0.5, 0.6) is 0 Å². The number of anilines is 2. The fraction of sp³-hybridized carbons (Fsp3) is 0.240. The predicted molar refractivity (Wildman–Crippen MR) is 127 cm³/mol. The van der Waals surface area contributed by atoms with Crippen molar-refractivity contribution in [3.05, 3.63) is 83.8 Å². The van der Waals surface area contributed by atoms with Crippen LogP contribution in [-0.2, 0) is 6.54 Å². The van der Waals surface area contributed by atoms with Gasteiger partial charge in [0.2, 0.25) is 0 Å². The van der Waals surface area contributed by atoms with Crippen molar-refractivity contribution in [2.45, 2.75) is 25.3 Å². The van der Waals surface area contributed by atoms with Crippen molar-refractivity contribution in [2.75, 3.05) is 23.3 Å². The monoisotopic (exact) mass is 426 g/mol. The van der Waals surface area contributed by atoms with E-state index in [0.29, 0.717) is 18.0 Å². The zero-order valence-electron chi connectivity index (χ0n) is 17.8. The molecule has 1 fully saturated rings. The number of H-pyrrole nitrogens is 1. The third-order valence-electron chi connectivity index (χ3n) is 6.15. The summed E-state index contributed by atoms with van der Waals surface area (Å²) in [5.41, 5.74) is 10.7. The average molecular weight is 427 g/mol. The van der Waals surface area contributed by atoms with Gasteiger partial charge in [0, 0.05) is 43.0 Å². The van der Waals surface area contributed by atoms with Gasteiger partial charge in [-0.1, -0.05) is 24.3 Å². The normalized spacial score (nSPS) is 16.3. The van der Waals surface area contributed by atoms with Gasteiger partial charge in [-0.15, -0.1) is 0 Å². The van der Waals surface area contributed by atoms with Gasteiger partial charge in [-0.3, -0.25) is 4.79 Å². The molecule has 2 aromatic carbocycles. The van der Waals surface area contributed by atoms with Gasteiger partial charge in [0.25, 0.3) is 5.91 Å². The van der Waals surface area contributed by atoms with Crippen LogP contribution < -0.4 is 16.0 Å². The van der Waals surface area contributed by atoms with Crippen LogP contribution in [-0.4, -0.2) is 33.9 Å². The molecule has 32 heavy (non-hydrogen) atoms. The SMILES string of the molecule is NCc1ccc(NC(=O)c2ccccc2)cc1C1CCCN(c2ncnc3[nH]ccc23)C1. The van der Waals surface area contributed by atoms with Gasteiger partial charge >= 0.3 is 0 Å². The molecule has 1 unspecified atom stereocenters. The lowest BCUT2D eigenvalue weighted by Crippen LogP contribution is -2.35. The van der Waals surface area contributed by atoms with Crippen molar-refractivity contribution < 1.29 is 4.79 Å². The number of piperidine rings is 1. The lowest BCUT2D eigenvalue weighted by molar-refractivity contribution is 0.102. The van der Waals surface area contributed by atoms with Crippen LogP contribution >= 0.6 is 0 Å². The number of carbonyl (C=O) groups is 1. The van der Waals surface area contributed by atoms with Gasteiger partial charge in [-0.05, 0) is 54.3 Å². The number of hydrogen-bond donors (Lipinski definition) is 3. The van der Waals surface area contributed by atoms with Gasteiger partial charge in [-0.2, -0.15) is 0 Å². The molecule has 7 nitrogen and oxygen atoms in total. The first kappa shape index (κ1) is 20.2. The minimum Gasteiger partial charge on any atom is -0.355 e. The summed E-state index contributed by atoms with van der Waals surface area (Å²) >= 11 is 0. The molecule has 162 valence electrons. The number of amides is 1. The first-order chi connectivity index (χ1) is 15.7. The van der Waals surface area contributed by atoms with E-state index < -0.39 is 0 Å². The number of benzene rings is 2. The lowest BCUT2D eigenvalue weighted by atomic mass is 9.87. The Hall–Kier alpha value is -3.71. The van der Waals surface area contributed by atoms with Crippen LogP contribution in [0, 0.1) is 0 Å². The molecule has 0 aliphatic carbocycles. The highest BCUT2D eigenvalue weighted by atomic mass is 16.1. The number of aromatic nitrogens is 3. The number of nitrogens with one attached hydrogen (secondary N) is 2. The van der Waals surface area contributed by atoms with Crippen molar-refractivity contribution in [2.24, 2.45) is 5.73 Å². The van der Waals surface area contributed by atoms with Gasteiger partial charge in [-0.25, -0.2) is 9.97 Å². The maximum absolute atomic E-state index is 12.6. The smallest absolute Gasteiger partial charge is 0.255 e. The lowest BCUT2D eigenvalue weighted by Gasteiger charge is -2.35. The van der Waals surface area contributed by atoms with E-state index in [0.717, 1.165) is 54.0 Å². The van der Waals surface area contributed by atoms with E-state index in [1.807, 2.05) is 54.7 Å². The van der Waals surface area contributed by atoms with E-state index in [1.165, 1.54) is 5.56 Å². The molecule has 1 atom stereocenters. The highest BCUT2D eigenvalue weighted by Crippen LogP contribution is 2.34. The topological polar surface area (TPSA) is 99.9 Å². The molecular formula is C25H26N6O. The van der Waals surface area contributed by atoms with Crippen LogP contribution in [0.1, 0.15) is 40.2 Å². The summed E-state index contributed by atoms with van der Waals surface area (Å²) in [4.78, 5) is 27.0. The molecule has 5 rings (SSSR count). The summed E-state index contributed by atoms with van der Waals surface area (Å²) in [5, 5.41) is 4.07. The highest BCUT2D eigenvalue weighted by molar-refractivity contribution is 6.04. The summed E-state index contributed by atoms with van der Waals surface area (Å²) in [7, 11) is 0. The summed E-state index contributed by atoms with van der Waals surface area (Å²) in [6.45, 7) is 2.27. The zero-order chi connectivity index (χ0) is 21.9. The molecule has 1 amide bonds. The van der Waals surface area contributed by atoms with Crippen LogP contribution in [0.2, 0.25) is 0 Å². The molecule has 4 aromatic rings. The highest BCUT2D eigenvalue weighted by Gasteiger charge is 2.25. The standard InChI is InChI=1S/C25H26N6O/c26-14-18-8-9-20(30-25(32)17-5-2-1-3-6-17)13-22(18)19-7-4-12-31(15-19)24-21-10-11-27-23(21)28-16-29-24/h1-3,5-6,8-11,13,16,19H,4,7,12,14-15,26H2,(H,30,32)(H,27,28,29). The Morgan fingerprint density at radius 3 is 2.88 bits per heavy atom. The minimum absolute atomic E-state index is 0.113. The Kier molecular flexibility index (Phi) is 5.56. The predicted octanol–water partition coefficient (Wildman–Crippen LogP) is 4.05. The largest absolute Gasteiger partial charge is 0.355 e. The van der Waals surface area contributed by atoms with E-state index in [2.05, 4.69) is 31.2 Å². The van der Waals surface area contributed by atoms with Gasteiger partial charge < -0.3 is 20.9 Å². The third-order valence-corrected chi connectivity index (χ3v) is 6.15. The number of nitrogens with two attached hydrogens (primary N) is 1. The molecule has 0 spiro atoms. The van der Waals surface area contributed by atoms with Gasteiger partial charge in [0.1, 0.15) is 17.8 Å². The fourth-order valence-electron chi connectivity index (χ4n) is 4.57. The first-order valence-electron chi connectivity index (χ1n) is 11.0. The van der Waals surface area contributed by atoms with Crippen molar-refractivity contribution in [3.63, 3.8) is 0 Å². The number of fused-ring (bicyclic) bond motifs is 1. The molecule has 1 aliphatic rings. The number of hydrogen-bond acceptors (Lipinski definition) is 5. The first-order valence-corrected chi connectivity index (χ1v) is 11.0. The second kappa shape index (κ2) is 8.80. The maximum Gasteiger partial charge on any atom is 0.255 e. The Labute approximate surface area is 186 Å².